The molecule has 188 valence electrons. The van der Waals surface area contributed by atoms with Gasteiger partial charge in [0.15, 0.2) is 5.13 Å². The molecule has 1 amide bonds. The highest BCUT2D eigenvalue weighted by Crippen LogP contribution is 2.28. The Morgan fingerprint density at radius 1 is 1.20 bits per heavy atom. The Hall–Kier alpha value is -2.90. The van der Waals surface area contributed by atoms with Gasteiger partial charge in [-0.3, -0.25) is 9.78 Å². The molecule has 0 aliphatic rings. The first-order valence-electron chi connectivity index (χ1n) is 9.99. The summed E-state index contributed by atoms with van der Waals surface area (Å²) in [7, 11) is -3.76. The van der Waals surface area contributed by atoms with Crippen LogP contribution in [0.2, 0.25) is 5.02 Å². The van der Waals surface area contributed by atoms with Crippen molar-refractivity contribution in [1.82, 2.24) is 14.7 Å². The molecule has 0 saturated heterocycles. The quantitative estimate of drug-likeness (QED) is 0.424. The average Bonchev–Trinajstić information content (AvgIpc) is 3.13. The van der Waals surface area contributed by atoms with Crippen LogP contribution in [0.4, 0.5) is 18.3 Å². The molecule has 3 aromatic rings. The Labute approximate surface area is 208 Å². The molecule has 35 heavy (non-hydrogen) atoms. The van der Waals surface area contributed by atoms with Crippen LogP contribution in [-0.4, -0.2) is 43.5 Å². The first-order valence-corrected chi connectivity index (χ1v) is 13.1. The Kier molecular flexibility index (Phi) is 8.23. The number of carbonyl (C=O) groups is 1. The zero-order valence-electron chi connectivity index (χ0n) is 18.5. The van der Waals surface area contributed by atoms with Crippen LogP contribution >= 0.6 is 22.9 Å². The molecule has 0 bridgehead atoms. The maximum absolute atomic E-state index is 12.4. The zero-order chi connectivity index (χ0) is 25.8. The van der Waals surface area contributed by atoms with Crippen molar-refractivity contribution < 1.29 is 31.1 Å². The summed E-state index contributed by atoms with van der Waals surface area (Å²) in [6.45, 7) is 2.33. The second kappa shape index (κ2) is 10.8. The number of nitrogens with zero attached hydrogens (tertiary/aromatic N) is 3. The largest absolute Gasteiger partial charge is 0.573 e. The second-order valence-electron chi connectivity index (χ2n) is 7.44. The van der Waals surface area contributed by atoms with Gasteiger partial charge < -0.3 is 9.64 Å². The molecule has 2 heterocycles. The van der Waals surface area contributed by atoms with E-state index in [9.17, 15) is 26.4 Å². The average molecular weight is 549 g/mol. The minimum Gasteiger partial charge on any atom is -0.406 e. The van der Waals surface area contributed by atoms with Crippen LogP contribution in [0.3, 0.4) is 0 Å². The first kappa shape index (κ1) is 26.7. The van der Waals surface area contributed by atoms with E-state index in [-0.39, 0.29) is 11.4 Å². The van der Waals surface area contributed by atoms with Crippen LogP contribution in [-0.2, 0) is 23.0 Å². The first-order chi connectivity index (χ1) is 16.3. The van der Waals surface area contributed by atoms with E-state index in [1.54, 1.807) is 19.1 Å². The highest BCUT2D eigenvalue weighted by molar-refractivity contribution is 7.89. The summed E-state index contributed by atoms with van der Waals surface area (Å²) >= 11 is 7.11. The fourth-order valence-corrected chi connectivity index (χ4v) is 4.48. The van der Waals surface area contributed by atoms with E-state index in [1.807, 2.05) is 9.62 Å². The number of hydrogen-bond acceptors (Lipinski definition) is 8. The predicted molar refractivity (Wildman–Crippen MR) is 126 cm³/mol. The summed E-state index contributed by atoms with van der Waals surface area (Å²) in [4.78, 5) is 23.3. The van der Waals surface area contributed by atoms with Gasteiger partial charge in [0.1, 0.15) is 11.4 Å². The fraction of sp³-hybridized carbons (Fsp3) is 0.286. The van der Waals surface area contributed by atoms with Crippen molar-refractivity contribution in [2.75, 3.05) is 17.7 Å². The van der Waals surface area contributed by atoms with E-state index < -0.39 is 22.3 Å². The number of amides is 1. The predicted octanol–water partition coefficient (Wildman–Crippen LogP) is 4.34. The molecular formula is C21H20ClF3N4O4S2. The van der Waals surface area contributed by atoms with Crippen molar-refractivity contribution in [2.45, 2.75) is 26.3 Å². The number of ether oxygens (including phenoxy) is 1. The van der Waals surface area contributed by atoms with E-state index in [0.29, 0.717) is 40.2 Å². The lowest BCUT2D eigenvalue weighted by Crippen LogP contribution is -2.30. The smallest absolute Gasteiger partial charge is 0.406 e. The van der Waals surface area contributed by atoms with Crippen molar-refractivity contribution in [3.63, 3.8) is 0 Å². The van der Waals surface area contributed by atoms with Crippen molar-refractivity contribution in [3.8, 4) is 5.75 Å². The van der Waals surface area contributed by atoms with E-state index in [0.717, 1.165) is 11.8 Å². The number of rotatable bonds is 9. The maximum atomic E-state index is 12.4. The minimum atomic E-state index is -4.77. The molecule has 0 aliphatic heterocycles. The molecule has 8 nitrogen and oxygen atoms in total. The van der Waals surface area contributed by atoms with E-state index in [4.69, 9.17) is 11.6 Å². The van der Waals surface area contributed by atoms with Crippen LogP contribution < -0.4 is 14.4 Å². The molecule has 1 aromatic carbocycles. The van der Waals surface area contributed by atoms with Gasteiger partial charge in [0.25, 0.3) is 5.91 Å². The number of anilines is 1. The summed E-state index contributed by atoms with van der Waals surface area (Å²) in [5.74, 6) is -1.15. The molecule has 0 atom stereocenters. The van der Waals surface area contributed by atoms with E-state index >= 15 is 0 Å². The molecular weight excluding hydrogens is 529 g/mol. The summed E-state index contributed by atoms with van der Waals surface area (Å²) in [5, 5.41) is 0.918. The third-order valence-electron chi connectivity index (χ3n) is 4.52. The molecule has 0 aliphatic carbocycles. The lowest BCUT2D eigenvalue weighted by molar-refractivity contribution is -0.274. The number of sulfonamides is 1. The molecule has 1 N–H and O–H groups in total. The SMILES string of the molecule is Cc1sc(N(CCc2ccc(OC(F)(F)F)cc2)Cc2ccc(Cl)cn2)nc1C(=O)NS(C)(=O)=O. The number of aryl methyl sites for hydroxylation is 1. The summed E-state index contributed by atoms with van der Waals surface area (Å²) in [6.07, 6.45) is -1.97. The van der Waals surface area contributed by atoms with Crippen molar-refractivity contribution in [3.05, 3.63) is 69.4 Å². The molecule has 0 radical (unpaired) electrons. The highest BCUT2D eigenvalue weighted by Gasteiger charge is 2.31. The number of thiazole rings is 1. The third-order valence-corrected chi connectivity index (χ3v) is 6.33. The number of pyridine rings is 1. The Morgan fingerprint density at radius 2 is 1.89 bits per heavy atom. The molecule has 0 spiro atoms. The van der Waals surface area contributed by atoms with Gasteiger partial charge in [-0.05, 0) is 43.2 Å². The number of alkyl halides is 3. The number of halogens is 4. The number of benzene rings is 1. The van der Waals surface area contributed by atoms with Crippen LogP contribution in [0.15, 0.2) is 42.6 Å². The maximum Gasteiger partial charge on any atom is 0.573 e. The topological polar surface area (TPSA) is 101 Å². The van der Waals surface area contributed by atoms with Crippen LogP contribution in [0.25, 0.3) is 0 Å². The van der Waals surface area contributed by atoms with Gasteiger partial charge in [0, 0.05) is 17.6 Å². The zero-order valence-corrected chi connectivity index (χ0v) is 20.9. The van der Waals surface area contributed by atoms with Crippen molar-refractivity contribution in [2.24, 2.45) is 0 Å². The van der Waals surface area contributed by atoms with Crippen LogP contribution in [0.5, 0.6) is 5.75 Å². The van der Waals surface area contributed by atoms with Gasteiger partial charge in [0.2, 0.25) is 10.0 Å². The number of hydrogen-bond donors (Lipinski definition) is 1. The monoisotopic (exact) mass is 548 g/mol. The van der Waals surface area contributed by atoms with Gasteiger partial charge in [-0.2, -0.15) is 0 Å². The summed E-state index contributed by atoms with van der Waals surface area (Å²) < 4.78 is 65.8. The van der Waals surface area contributed by atoms with Crippen LogP contribution in [0.1, 0.15) is 26.6 Å². The normalized spacial score (nSPS) is 11.8. The fourth-order valence-electron chi connectivity index (χ4n) is 3.00. The standard InChI is InChI=1S/C21H20ClF3N4O4S2/c1-13-18(19(30)28-35(2,31)32)27-20(34-13)29(12-16-6-5-15(22)11-26-16)10-9-14-3-7-17(8-4-14)33-21(23,24)25/h3-8,11H,9-10,12H2,1-2H3,(H,28,30). The lowest BCUT2D eigenvalue weighted by atomic mass is 10.1. The minimum absolute atomic E-state index is 0.0156. The number of nitrogens with one attached hydrogen (secondary N) is 1. The van der Waals surface area contributed by atoms with Gasteiger partial charge in [-0.25, -0.2) is 18.1 Å². The lowest BCUT2D eigenvalue weighted by Gasteiger charge is -2.21. The Balaban J connectivity index is 1.81. The van der Waals surface area contributed by atoms with E-state index in [2.05, 4.69) is 14.7 Å². The molecule has 2 aromatic heterocycles. The highest BCUT2D eigenvalue weighted by atomic mass is 35.5. The molecule has 3 rings (SSSR count). The number of aromatic nitrogens is 2. The third kappa shape index (κ3) is 8.37. The van der Waals surface area contributed by atoms with Crippen molar-refractivity contribution >= 4 is 44.0 Å². The molecule has 0 fully saturated rings. The second-order valence-corrected chi connectivity index (χ2v) is 10.8. The Bertz CT molecular complexity index is 1280. The van der Waals surface area contributed by atoms with Gasteiger partial charge in [-0.1, -0.05) is 23.7 Å². The van der Waals surface area contributed by atoms with Gasteiger partial charge in [-0.15, -0.1) is 24.5 Å². The summed E-state index contributed by atoms with van der Waals surface area (Å²) in [6, 6.07) is 8.93. The number of carbonyl (C=O) groups excluding carboxylic acids is 1. The van der Waals surface area contributed by atoms with Gasteiger partial charge in [0.05, 0.1) is 23.5 Å². The van der Waals surface area contributed by atoms with Crippen molar-refractivity contribution in [1.29, 1.82) is 0 Å². The van der Waals surface area contributed by atoms with E-state index in [1.165, 1.54) is 41.8 Å². The molecule has 14 heteroatoms. The summed E-state index contributed by atoms with van der Waals surface area (Å²) in [5.41, 5.74) is 1.40. The molecule has 0 unspecified atom stereocenters. The van der Waals surface area contributed by atoms with Gasteiger partial charge >= 0.3 is 6.36 Å². The Morgan fingerprint density at radius 3 is 2.46 bits per heavy atom. The molecule has 0 saturated carbocycles. The van der Waals surface area contributed by atoms with Crippen LogP contribution in [0, 0.1) is 6.92 Å².